The van der Waals surface area contributed by atoms with Crippen molar-refractivity contribution in [1.82, 2.24) is 4.90 Å². The third kappa shape index (κ3) is 5.30. The molecule has 0 bridgehead atoms. The average Bonchev–Trinajstić information content (AvgIpc) is 2.56. The third-order valence-corrected chi connectivity index (χ3v) is 2.68. The summed E-state index contributed by atoms with van der Waals surface area (Å²) in [5.74, 6) is 0.818. The van der Waals surface area contributed by atoms with E-state index in [1.54, 1.807) is 0 Å². The predicted molar refractivity (Wildman–Crippen MR) is 61.1 cm³/mol. The average molecular weight is 185 g/mol. The molecule has 0 aromatic rings. The molecule has 1 heteroatoms. The lowest BCUT2D eigenvalue weighted by Crippen LogP contribution is -2.33. The van der Waals surface area contributed by atoms with Crippen LogP contribution in [-0.2, 0) is 0 Å². The zero-order chi connectivity index (χ0) is 10.3. The molecule has 1 rings (SSSR count). The van der Waals surface area contributed by atoms with Gasteiger partial charge in [0.15, 0.2) is 0 Å². The van der Waals surface area contributed by atoms with Gasteiger partial charge in [-0.15, -0.1) is 0 Å². The van der Waals surface area contributed by atoms with Gasteiger partial charge >= 0.3 is 0 Å². The van der Waals surface area contributed by atoms with Gasteiger partial charge in [0.1, 0.15) is 0 Å². The minimum absolute atomic E-state index is 0.794. The Morgan fingerprint density at radius 1 is 1.00 bits per heavy atom. The Morgan fingerprint density at radius 3 is 1.69 bits per heavy atom. The number of likely N-dealkylation sites (tertiary alicyclic amines) is 1. The zero-order valence-corrected chi connectivity index (χ0v) is 10.1. The first kappa shape index (κ1) is 13.0. The van der Waals surface area contributed by atoms with Crippen molar-refractivity contribution < 1.29 is 0 Å². The lowest BCUT2D eigenvalue weighted by Gasteiger charge is -2.26. The van der Waals surface area contributed by atoms with Gasteiger partial charge in [0, 0.05) is 6.04 Å². The molecule has 0 amide bonds. The van der Waals surface area contributed by atoms with Crippen molar-refractivity contribution >= 4 is 0 Å². The maximum absolute atomic E-state index is 2.60. The van der Waals surface area contributed by atoms with Crippen LogP contribution in [0.25, 0.3) is 0 Å². The van der Waals surface area contributed by atoms with Crippen LogP contribution in [0.2, 0.25) is 0 Å². The molecule has 1 saturated heterocycles. The molecule has 0 aromatic heterocycles. The largest absolute Gasteiger partial charge is 0.300 e. The SMILES string of the molecule is CC(C)[C@H](C)N1CCCC1.CCC. The third-order valence-electron chi connectivity index (χ3n) is 2.68. The topological polar surface area (TPSA) is 3.24 Å². The minimum atomic E-state index is 0.794. The highest BCUT2D eigenvalue weighted by Crippen LogP contribution is 2.16. The van der Waals surface area contributed by atoms with Crippen LogP contribution in [0.5, 0.6) is 0 Å². The van der Waals surface area contributed by atoms with E-state index in [0.717, 1.165) is 12.0 Å². The van der Waals surface area contributed by atoms with E-state index in [-0.39, 0.29) is 0 Å². The summed E-state index contributed by atoms with van der Waals surface area (Å²) in [5, 5.41) is 0. The molecule has 0 aromatic carbocycles. The fraction of sp³-hybridized carbons (Fsp3) is 1.00. The van der Waals surface area contributed by atoms with Crippen molar-refractivity contribution in [2.75, 3.05) is 13.1 Å². The molecule has 1 nitrogen and oxygen atoms in total. The minimum Gasteiger partial charge on any atom is -0.300 e. The summed E-state index contributed by atoms with van der Waals surface area (Å²) in [6.45, 7) is 13.9. The van der Waals surface area contributed by atoms with E-state index >= 15 is 0 Å². The smallest absolute Gasteiger partial charge is 0.00899 e. The normalized spacial score (nSPS) is 19.8. The second-order valence-electron chi connectivity index (χ2n) is 4.43. The van der Waals surface area contributed by atoms with E-state index in [9.17, 15) is 0 Å². The van der Waals surface area contributed by atoms with Crippen molar-refractivity contribution in [2.24, 2.45) is 5.92 Å². The summed E-state index contributed by atoms with van der Waals surface area (Å²) in [6, 6.07) is 0.794. The van der Waals surface area contributed by atoms with E-state index in [4.69, 9.17) is 0 Å². The first-order valence-electron chi connectivity index (χ1n) is 5.87. The van der Waals surface area contributed by atoms with Gasteiger partial charge in [-0.25, -0.2) is 0 Å². The van der Waals surface area contributed by atoms with Crippen molar-refractivity contribution in [3.63, 3.8) is 0 Å². The molecule has 80 valence electrons. The van der Waals surface area contributed by atoms with E-state index in [2.05, 4.69) is 39.5 Å². The Hall–Kier alpha value is -0.0400. The lowest BCUT2D eigenvalue weighted by atomic mass is 10.1. The monoisotopic (exact) mass is 185 g/mol. The molecule has 1 heterocycles. The second kappa shape index (κ2) is 7.37. The molecule has 0 N–H and O–H groups in total. The molecule has 1 fully saturated rings. The predicted octanol–water partition coefficient (Wildman–Crippen LogP) is 3.54. The van der Waals surface area contributed by atoms with Crippen LogP contribution in [0, 0.1) is 5.92 Å². The van der Waals surface area contributed by atoms with Crippen molar-refractivity contribution in [3.8, 4) is 0 Å². The van der Waals surface area contributed by atoms with Crippen molar-refractivity contribution in [2.45, 2.75) is 59.9 Å². The standard InChI is InChI=1S/C9H19N.C3H8/c1-8(2)9(3)10-6-4-5-7-10;1-3-2/h8-9H,4-7H2,1-3H3;3H2,1-2H3/t9-;/m0./s1. The summed E-state index contributed by atoms with van der Waals surface area (Å²) >= 11 is 0. The Balaban J connectivity index is 0.000000424. The van der Waals surface area contributed by atoms with Gasteiger partial charge in [-0.05, 0) is 38.8 Å². The molecule has 0 spiro atoms. The quantitative estimate of drug-likeness (QED) is 0.636. The van der Waals surface area contributed by atoms with Crippen LogP contribution in [0.1, 0.15) is 53.9 Å². The van der Waals surface area contributed by atoms with E-state index in [1.807, 2.05) is 0 Å². The molecule has 0 radical (unpaired) electrons. The van der Waals surface area contributed by atoms with Gasteiger partial charge < -0.3 is 4.90 Å². The number of nitrogens with zero attached hydrogens (tertiary/aromatic N) is 1. The van der Waals surface area contributed by atoms with Gasteiger partial charge in [0.2, 0.25) is 0 Å². The number of rotatable bonds is 2. The number of hydrogen-bond donors (Lipinski definition) is 0. The Morgan fingerprint density at radius 2 is 1.38 bits per heavy atom. The van der Waals surface area contributed by atoms with Crippen molar-refractivity contribution in [3.05, 3.63) is 0 Å². The van der Waals surface area contributed by atoms with E-state index in [1.165, 1.54) is 32.4 Å². The first-order chi connectivity index (χ1) is 6.13. The van der Waals surface area contributed by atoms with Gasteiger partial charge in [-0.2, -0.15) is 0 Å². The van der Waals surface area contributed by atoms with E-state index in [0.29, 0.717) is 0 Å². The van der Waals surface area contributed by atoms with Gasteiger partial charge in [0.05, 0.1) is 0 Å². The van der Waals surface area contributed by atoms with Crippen LogP contribution in [0.3, 0.4) is 0 Å². The van der Waals surface area contributed by atoms with Crippen LogP contribution in [0.4, 0.5) is 0 Å². The van der Waals surface area contributed by atoms with Crippen molar-refractivity contribution in [1.29, 1.82) is 0 Å². The summed E-state index contributed by atoms with van der Waals surface area (Å²) in [4.78, 5) is 2.60. The van der Waals surface area contributed by atoms with Crippen LogP contribution >= 0.6 is 0 Å². The second-order valence-corrected chi connectivity index (χ2v) is 4.43. The van der Waals surface area contributed by atoms with Gasteiger partial charge in [0.25, 0.3) is 0 Å². The molecular formula is C12H27N. The van der Waals surface area contributed by atoms with E-state index < -0.39 is 0 Å². The Kier molecular flexibility index (Phi) is 7.35. The Bertz CT molecular complexity index is 104. The molecule has 0 unspecified atom stereocenters. The fourth-order valence-electron chi connectivity index (χ4n) is 1.57. The molecule has 0 aliphatic carbocycles. The number of hydrogen-bond acceptors (Lipinski definition) is 1. The highest BCUT2D eigenvalue weighted by Gasteiger charge is 2.19. The lowest BCUT2D eigenvalue weighted by molar-refractivity contribution is 0.208. The van der Waals surface area contributed by atoms with Gasteiger partial charge in [-0.3, -0.25) is 0 Å². The highest BCUT2D eigenvalue weighted by atomic mass is 15.2. The zero-order valence-electron chi connectivity index (χ0n) is 10.1. The first-order valence-corrected chi connectivity index (χ1v) is 5.87. The van der Waals surface area contributed by atoms with Crippen LogP contribution in [0.15, 0.2) is 0 Å². The maximum atomic E-state index is 2.60. The van der Waals surface area contributed by atoms with Crippen LogP contribution in [-0.4, -0.2) is 24.0 Å². The van der Waals surface area contributed by atoms with Crippen LogP contribution < -0.4 is 0 Å². The molecular weight excluding hydrogens is 158 g/mol. The summed E-state index contributed by atoms with van der Waals surface area (Å²) in [6.07, 6.45) is 4.08. The highest BCUT2D eigenvalue weighted by molar-refractivity contribution is 4.74. The summed E-state index contributed by atoms with van der Waals surface area (Å²) < 4.78 is 0. The summed E-state index contributed by atoms with van der Waals surface area (Å²) in [7, 11) is 0. The van der Waals surface area contributed by atoms with Gasteiger partial charge in [-0.1, -0.05) is 34.1 Å². The molecule has 0 saturated carbocycles. The Labute approximate surface area is 84.5 Å². The summed E-state index contributed by atoms with van der Waals surface area (Å²) in [5.41, 5.74) is 0. The maximum Gasteiger partial charge on any atom is 0.00899 e. The molecule has 13 heavy (non-hydrogen) atoms. The molecule has 1 atom stereocenters. The molecule has 1 aliphatic rings. The molecule has 1 aliphatic heterocycles. The fourth-order valence-corrected chi connectivity index (χ4v) is 1.57.